The summed E-state index contributed by atoms with van der Waals surface area (Å²) < 4.78 is 17.5. The Morgan fingerprint density at radius 3 is 2.68 bits per heavy atom. The summed E-state index contributed by atoms with van der Waals surface area (Å²) in [5.74, 6) is -0.704. The third-order valence-corrected chi connectivity index (χ3v) is 3.94. The van der Waals surface area contributed by atoms with Crippen molar-refractivity contribution in [2.75, 3.05) is 0 Å². The fourth-order valence-corrected chi connectivity index (χ4v) is 2.64. The van der Waals surface area contributed by atoms with Crippen molar-refractivity contribution in [2.45, 2.75) is 26.4 Å². The molecule has 0 N–H and O–H groups in total. The molecule has 3 aromatic rings. The summed E-state index contributed by atoms with van der Waals surface area (Å²) in [7, 11) is 1.83. The predicted octanol–water partition coefficient (Wildman–Crippen LogP) is 2.80. The maximum Gasteiger partial charge on any atom is 0.254 e. The van der Waals surface area contributed by atoms with Gasteiger partial charge in [-0.15, -0.1) is 0 Å². The SMILES string of the molecule is CC(C)N(Cc1cnn(C)c1)C(=O)c1ccc(-n2cccn2)c(F)c1. The molecular weight excluding hydrogens is 321 g/mol. The molecule has 1 aromatic carbocycles. The Kier molecular flexibility index (Phi) is 4.65. The average Bonchev–Trinajstić information content (AvgIpc) is 3.23. The van der Waals surface area contributed by atoms with Crippen LogP contribution in [-0.2, 0) is 13.6 Å². The molecule has 0 aliphatic rings. The summed E-state index contributed by atoms with van der Waals surface area (Å²) >= 11 is 0. The van der Waals surface area contributed by atoms with Crippen molar-refractivity contribution in [1.29, 1.82) is 0 Å². The first-order valence-corrected chi connectivity index (χ1v) is 8.04. The molecule has 0 aliphatic heterocycles. The van der Waals surface area contributed by atoms with Crippen molar-refractivity contribution in [2.24, 2.45) is 7.05 Å². The molecule has 25 heavy (non-hydrogen) atoms. The normalized spacial score (nSPS) is 11.1. The first kappa shape index (κ1) is 16.9. The molecule has 7 heteroatoms. The van der Waals surface area contributed by atoms with Gasteiger partial charge in [-0.2, -0.15) is 10.2 Å². The number of carbonyl (C=O) groups is 1. The highest BCUT2D eigenvalue weighted by Gasteiger charge is 2.21. The van der Waals surface area contributed by atoms with E-state index in [9.17, 15) is 9.18 Å². The minimum Gasteiger partial charge on any atom is -0.332 e. The lowest BCUT2D eigenvalue weighted by atomic mass is 10.1. The molecule has 0 unspecified atom stereocenters. The highest BCUT2D eigenvalue weighted by atomic mass is 19.1. The van der Waals surface area contributed by atoms with E-state index >= 15 is 0 Å². The van der Waals surface area contributed by atoms with Gasteiger partial charge < -0.3 is 4.90 Å². The third kappa shape index (κ3) is 3.60. The predicted molar refractivity (Wildman–Crippen MR) is 91.7 cm³/mol. The Bertz CT molecular complexity index is 869. The number of amides is 1. The molecule has 0 bridgehead atoms. The number of nitrogens with zero attached hydrogens (tertiary/aromatic N) is 5. The van der Waals surface area contributed by atoms with E-state index in [0.717, 1.165) is 5.56 Å². The number of halogens is 1. The van der Waals surface area contributed by atoms with Gasteiger partial charge in [0.1, 0.15) is 11.5 Å². The van der Waals surface area contributed by atoms with Crippen molar-refractivity contribution < 1.29 is 9.18 Å². The van der Waals surface area contributed by atoms with Crippen molar-refractivity contribution in [3.8, 4) is 5.69 Å². The Morgan fingerprint density at radius 1 is 1.32 bits per heavy atom. The lowest BCUT2D eigenvalue weighted by Gasteiger charge is -2.26. The minimum absolute atomic E-state index is 0.0263. The van der Waals surface area contributed by atoms with Crippen LogP contribution in [0, 0.1) is 5.82 Å². The van der Waals surface area contributed by atoms with E-state index in [2.05, 4.69) is 10.2 Å². The number of carbonyl (C=O) groups excluding carboxylic acids is 1. The molecule has 2 heterocycles. The third-order valence-electron chi connectivity index (χ3n) is 3.94. The van der Waals surface area contributed by atoms with Crippen molar-refractivity contribution in [3.63, 3.8) is 0 Å². The molecule has 1 amide bonds. The highest BCUT2D eigenvalue weighted by molar-refractivity contribution is 5.94. The number of hydrogen-bond acceptors (Lipinski definition) is 3. The molecular formula is C18H20FN5O. The minimum atomic E-state index is -0.486. The van der Waals surface area contributed by atoms with E-state index in [0.29, 0.717) is 17.8 Å². The summed E-state index contributed by atoms with van der Waals surface area (Å²) in [6, 6.07) is 6.14. The quantitative estimate of drug-likeness (QED) is 0.717. The van der Waals surface area contributed by atoms with Gasteiger partial charge >= 0.3 is 0 Å². The first-order valence-electron chi connectivity index (χ1n) is 8.04. The monoisotopic (exact) mass is 341 g/mol. The van der Waals surface area contributed by atoms with Gasteiger partial charge in [0.15, 0.2) is 0 Å². The molecule has 0 aliphatic carbocycles. The van der Waals surface area contributed by atoms with Crippen molar-refractivity contribution in [3.05, 3.63) is 66.0 Å². The number of aromatic nitrogens is 4. The maximum absolute atomic E-state index is 14.4. The van der Waals surface area contributed by atoms with Gasteiger partial charge in [0.2, 0.25) is 0 Å². The summed E-state index contributed by atoms with van der Waals surface area (Å²) in [6.07, 6.45) is 6.82. The largest absolute Gasteiger partial charge is 0.332 e. The summed E-state index contributed by atoms with van der Waals surface area (Å²) in [5.41, 5.74) is 1.55. The van der Waals surface area contributed by atoms with Crippen LogP contribution in [0.1, 0.15) is 29.8 Å². The standard InChI is InChI=1S/C18H20FN5O/c1-13(2)23(12-14-10-21-22(3)11-14)18(25)15-5-6-17(16(19)9-15)24-8-4-7-20-24/h4-11,13H,12H2,1-3H3. The van der Waals surface area contributed by atoms with Crippen LogP contribution < -0.4 is 0 Å². The fraction of sp³-hybridized carbons (Fsp3) is 0.278. The van der Waals surface area contributed by atoms with E-state index in [1.807, 2.05) is 27.1 Å². The second-order valence-electron chi connectivity index (χ2n) is 6.17. The van der Waals surface area contributed by atoms with Gasteiger partial charge in [-0.05, 0) is 38.1 Å². The molecule has 2 aromatic heterocycles. The molecule has 0 fully saturated rings. The second-order valence-corrected chi connectivity index (χ2v) is 6.17. The Labute approximate surface area is 145 Å². The van der Waals surface area contributed by atoms with Crippen LogP contribution in [0.2, 0.25) is 0 Å². The second kappa shape index (κ2) is 6.88. The van der Waals surface area contributed by atoms with Gasteiger partial charge in [-0.3, -0.25) is 9.48 Å². The van der Waals surface area contributed by atoms with Gasteiger partial charge in [0, 0.05) is 49.4 Å². The Morgan fingerprint density at radius 2 is 2.12 bits per heavy atom. The van der Waals surface area contributed by atoms with E-state index < -0.39 is 5.82 Å². The van der Waals surface area contributed by atoms with Crippen LogP contribution in [0.4, 0.5) is 4.39 Å². The summed E-state index contributed by atoms with van der Waals surface area (Å²) in [5, 5.41) is 8.14. The zero-order chi connectivity index (χ0) is 18.0. The highest BCUT2D eigenvalue weighted by Crippen LogP contribution is 2.18. The average molecular weight is 341 g/mol. The lowest BCUT2D eigenvalue weighted by Crippen LogP contribution is -2.36. The molecule has 0 spiro atoms. The Balaban J connectivity index is 1.85. The van der Waals surface area contributed by atoms with Gasteiger partial charge in [-0.25, -0.2) is 9.07 Å². The van der Waals surface area contributed by atoms with E-state index in [1.165, 1.54) is 10.7 Å². The smallest absolute Gasteiger partial charge is 0.254 e. The zero-order valence-electron chi connectivity index (χ0n) is 14.4. The first-order chi connectivity index (χ1) is 12.0. The molecule has 0 atom stereocenters. The lowest BCUT2D eigenvalue weighted by molar-refractivity contribution is 0.0690. The topological polar surface area (TPSA) is 56.0 Å². The number of rotatable bonds is 5. The molecule has 0 saturated heterocycles. The van der Waals surface area contributed by atoms with E-state index in [1.54, 1.807) is 46.4 Å². The number of hydrogen-bond donors (Lipinski definition) is 0. The van der Waals surface area contributed by atoms with Crippen LogP contribution in [0.25, 0.3) is 5.69 Å². The van der Waals surface area contributed by atoms with Crippen LogP contribution in [0.5, 0.6) is 0 Å². The van der Waals surface area contributed by atoms with Gasteiger partial charge in [-0.1, -0.05) is 0 Å². The van der Waals surface area contributed by atoms with Crippen LogP contribution >= 0.6 is 0 Å². The van der Waals surface area contributed by atoms with Gasteiger partial charge in [0.05, 0.1) is 6.20 Å². The molecule has 3 rings (SSSR count). The molecule has 6 nitrogen and oxygen atoms in total. The van der Waals surface area contributed by atoms with Gasteiger partial charge in [0.25, 0.3) is 5.91 Å². The van der Waals surface area contributed by atoms with Crippen LogP contribution in [0.3, 0.4) is 0 Å². The number of benzene rings is 1. The summed E-state index contributed by atoms with van der Waals surface area (Å²) in [6.45, 7) is 4.29. The zero-order valence-corrected chi connectivity index (χ0v) is 14.4. The van der Waals surface area contributed by atoms with Crippen molar-refractivity contribution >= 4 is 5.91 Å². The summed E-state index contributed by atoms with van der Waals surface area (Å²) in [4.78, 5) is 14.6. The van der Waals surface area contributed by atoms with Crippen LogP contribution in [-0.4, -0.2) is 36.4 Å². The van der Waals surface area contributed by atoms with Crippen LogP contribution in [0.15, 0.2) is 49.1 Å². The molecule has 130 valence electrons. The maximum atomic E-state index is 14.4. The number of aryl methyl sites for hydroxylation is 1. The fourth-order valence-electron chi connectivity index (χ4n) is 2.64. The molecule has 0 saturated carbocycles. The Hall–Kier alpha value is -2.96. The molecule has 0 radical (unpaired) electrons. The van der Waals surface area contributed by atoms with E-state index in [-0.39, 0.29) is 11.9 Å². The van der Waals surface area contributed by atoms with Crippen molar-refractivity contribution in [1.82, 2.24) is 24.5 Å². The van der Waals surface area contributed by atoms with E-state index in [4.69, 9.17) is 0 Å².